The highest BCUT2D eigenvalue weighted by Crippen LogP contribution is 2.47. The van der Waals surface area contributed by atoms with Crippen molar-refractivity contribution < 1.29 is 68.2 Å². The number of rotatable bonds is 38. The van der Waals surface area contributed by atoms with Gasteiger partial charge in [-0.25, -0.2) is 4.57 Å². The average Bonchev–Trinajstić information content (AvgIpc) is 3.25. The topological polar surface area (TPSA) is 230 Å². The van der Waals surface area contributed by atoms with Gasteiger partial charge in [-0.1, -0.05) is 165 Å². The van der Waals surface area contributed by atoms with Crippen molar-refractivity contribution in [1.29, 1.82) is 0 Å². The molecule has 0 aromatic carbocycles. The van der Waals surface area contributed by atoms with Crippen LogP contribution in [0.2, 0.25) is 0 Å². The van der Waals surface area contributed by atoms with E-state index in [0.717, 1.165) is 32.1 Å². The van der Waals surface area contributed by atoms with Crippen molar-refractivity contribution in [2.45, 2.75) is 223 Å². The van der Waals surface area contributed by atoms with Crippen molar-refractivity contribution in [3.05, 3.63) is 48.6 Å². The van der Waals surface area contributed by atoms with Gasteiger partial charge in [-0.15, -0.1) is 0 Å². The Bertz CT molecular complexity index is 1290. The van der Waals surface area contributed by atoms with E-state index in [9.17, 15) is 49.7 Å². The summed E-state index contributed by atoms with van der Waals surface area (Å²) in [4.78, 5) is 35.7. The zero-order valence-corrected chi connectivity index (χ0v) is 38.7. The first-order valence-corrected chi connectivity index (χ1v) is 25.0. The molecule has 62 heavy (non-hydrogen) atoms. The van der Waals surface area contributed by atoms with Crippen LogP contribution < -0.4 is 0 Å². The van der Waals surface area contributed by atoms with E-state index >= 15 is 0 Å². The number of aliphatic hydroxyl groups is 6. The van der Waals surface area contributed by atoms with Gasteiger partial charge in [0, 0.05) is 12.8 Å². The first-order valence-electron chi connectivity index (χ1n) is 23.5. The molecule has 0 aromatic heterocycles. The van der Waals surface area contributed by atoms with Gasteiger partial charge in [-0.3, -0.25) is 18.6 Å². The zero-order chi connectivity index (χ0) is 45.9. The second-order valence-electron chi connectivity index (χ2n) is 16.5. The lowest BCUT2D eigenvalue weighted by atomic mass is 9.85. The van der Waals surface area contributed by atoms with Crippen molar-refractivity contribution in [2.24, 2.45) is 0 Å². The predicted octanol–water partition coefficient (Wildman–Crippen LogP) is 8.14. The number of allylic oxidation sites excluding steroid dienone is 6. The minimum atomic E-state index is -5.14. The number of carbonyl (C=O) groups excluding carboxylic acids is 2. The monoisotopic (exact) mass is 903 g/mol. The Hall–Kier alpha value is -2.23. The van der Waals surface area contributed by atoms with Gasteiger partial charge in [0.25, 0.3) is 0 Å². The molecule has 0 heterocycles. The number of hydrogen-bond donors (Lipinski definition) is 7. The van der Waals surface area contributed by atoms with Crippen molar-refractivity contribution in [1.82, 2.24) is 0 Å². The summed E-state index contributed by atoms with van der Waals surface area (Å²) in [5.41, 5.74) is 0. The van der Waals surface area contributed by atoms with Crippen LogP contribution in [0.1, 0.15) is 174 Å². The van der Waals surface area contributed by atoms with Crippen LogP contribution in [0, 0.1) is 0 Å². The third kappa shape index (κ3) is 29.3. The second-order valence-corrected chi connectivity index (χ2v) is 17.9. The summed E-state index contributed by atoms with van der Waals surface area (Å²) in [6.45, 7) is 3.15. The van der Waals surface area contributed by atoms with E-state index in [2.05, 4.69) is 19.9 Å². The highest BCUT2D eigenvalue weighted by atomic mass is 31.2. The van der Waals surface area contributed by atoms with Crippen molar-refractivity contribution >= 4 is 19.8 Å². The van der Waals surface area contributed by atoms with Crippen molar-refractivity contribution in [2.75, 3.05) is 13.2 Å². The lowest BCUT2D eigenvalue weighted by molar-refractivity contribution is -0.220. The Morgan fingerprint density at radius 2 is 1.08 bits per heavy atom. The largest absolute Gasteiger partial charge is 0.472 e. The minimum absolute atomic E-state index is 0.0596. The number of phosphoric acid groups is 1. The molecule has 0 saturated heterocycles. The molecule has 14 nitrogen and oxygen atoms in total. The maximum absolute atomic E-state index is 12.8. The van der Waals surface area contributed by atoms with Crippen LogP contribution in [-0.4, -0.2) is 110 Å². The van der Waals surface area contributed by atoms with Crippen LogP contribution in [0.3, 0.4) is 0 Å². The molecule has 1 aliphatic carbocycles. The fraction of sp³-hybridized carbons (Fsp3) is 0.787. The van der Waals surface area contributed by atoms with E-state index in [1.165, 1.54) is 83.5 Å². The van der Waals surface area contributed by atoms with Gasteiger partial charge in [-0.2, -0.15) is 0 Å². The number of carbonyl (C=O) groups is 2. The normalized spacial score (nSPS) is 22.8. The molecular weight excluding hydrogens is 819 g/mol. The molecule has 360 valence electrons. The molecule has 0 bridgehead atoms. The smallest absolute Gasteiger partial charge is 0.462 e. The zero-order valence-electron chi connectivity index (χ0n) is 37.8. The SMILES string of the molecule is CCCCC/C=C\C[C@@H](O)/C=C/C=C\C/C=C\CCCC(=O)OC[C@H](COP(=O)(O)OC1[C@H](O)[C@H](O)C(O)[C@H](O)[C@H]1O)OC(=O)CCCCCCCCCCCCCCCCC. The molecule has 9 atom stereocenters. The highest BCUT2D eigenvalue weighted by molar-refractivity contribution is 7.47. The Labute approximate surface area is 372 Å². The fourth-order valence-electron chi connectivity index (χ4n) is 6.89. The van der Waals surface area contributed by atoms with Gasteiger partial charge in [-0.05, 0) is 44.9 Å². The molecule has 1 aliphatic rings. The summed E-state index contributed by atoms with van der Waals surface area (Å²) in [6.07, 6.45) is 26.2. The maximum atomic E-state index is 12.8. The molecule has 0 aliphatic heterocycles. The number of ether oxygens (including phenoxy) is 2. The van der Waals surface area contributed by atoms with Crippen molar-refractivity contribution in [3.8, 4) is 0 Å². The standard InChI is InChI=1S/C47H83O14P/c1-3-5-7-9-11-12-13-14-15-16-17-18-23-27-31-35-41(50)60-39(37-59-62(56,57)61-47-45(54)43(52)42(51)44(53)46(47)55)36-58-40(49)34-30-26-22-20-19-21-25-29-33-38(48)32-28-24-10-8-6-4-2/h20-22,24-25,28-29,33,38-39,42-48,51-55H,3-19,23,26-27,30-32,34-37H2,1-2H3,(H,56,57)/b22-20-,25-21-,28-24-,33-29+/t38-,39-,42?,43-,44+,45-,46-,47?/m1/s1. The van der Waals surface area contributed by atoms with Crippen LogP contribution in [0.25, 0.3) is 0 Å². The average molecular weight is 903 g/mol. The molecule has 0 radical (unpaired) electrons. The molecule has 7 N–H and O–H groups in total. The summed E-state index contributed by atoms with van der Waals surface area (Å²) in [5, 5.41) is 60.2. The Morgan fingerprint density at radius 3 is 1.68 bits per heavy atom. The molecule has 0 aromatic rings. The number of aliphatic hydroxyl groups excluding tert-OH is 6. The molecule has 3 unspecified atom stereocenters. The van der Waals surface area contributed by atoms with E-state index in [1.807, 2.05) is 36.5 Å². The van der Waals surface area contributed by atoms with Gasteiger partial charge < -0.3 is 45.0 Å². The van der Waals surface area contributed by atoms with Crippen LogP contribution in [0.15, 0.2) is 48.6 Å². The summed E-state index contributed by atoms with van der Waals surface area (Å²) in [5.74, 6) is -1.20. The summed E-state index contributed by atoms with van der Waals surface area (Å²) < 4.78 is 33.4. The van der Waals surface area contributed by atoms with E-state index in [0.29, 0.717) is 32.1 Å². The number of hydrogen-bond acceptors (Lipinski definition) is 13. The van der Waals surface area contributed by atoms with Crippen LogP contribution in [-0.2, 0) is 32.7 Å². The van der Waals surface area contributed by atoms with Gasteiger partial charge >= 0.3 is 19.8 Å². The number of esters is 2. The first kappa shape index (κ1) is 57.8. The fourth-order valence-corrected chi connectivity index (χ4v) is 7.87. The maximum Gasteiger partial charge on any atom is 0.472 e. The second kappa shape index (κ2) is 37.0. The predicted molar refractivity (Wildman–Crippen MR) is 241 cm³/mol. The third-order valence-corrected chi connectivity index (χ3v) is 11.7. The summed E-state index contributed by atoms with van der Waals surface area (Å²) in [7, 11) is -5.14. The molecule has 0 amide bonds. The van der Waals surface area contributed by atoms with E-state index in [-0.39, 0.29) is 12.8 Å². The van der Waals surface area contributed by atoms with E-state index in [1.54, 1.807) is 6.08 Å². The molecule has 15 heteroatoms. The Kier molecular flexibility index (Phi) is 34.5. The van der Waals surface area contributed by atoms with Crippen LogP contribution >= 0.6 is 7.82 Å². The van der Waals surface area contributed by atoms with Gasteiger partial charge in [0.05, 0.1) is 12.7 Å². The Morgan fingerprint density at radius 1 is 0.581 bits per heavy atom. The van der Waals surface area contributed by atoms with Gasteiger partial charge in [0.1, 0.15) is 43.2 Å². The molecule has 1 saturated carbocycles. The van der Waals surface area contributed by atoms with Crippen LogP contribution in [0.4, 0.5) is 0 Å². The minimum Gasteiger partial charge on any atom is -0.462 e. The van der Waals surface area contributed by atoms with Crippen LogP contribution in [0.5, 0.6) is 0 Å². The third-order valence-electron chi connectivity index (χ3n) is 10.8. The summed E-state index contributed by atoms with van der Waals surface area (Å²) >= 11 is 0. The highest BCUT2D eigenvalue weighted by Gasteiger charge is 2.51. The number of phosphoric ester groups is 1. The quantitative estimate of drug-likeness (QED) is 0.0102. The molecule has 1 fully saturated rings. The van der Waals surface area contributed by atoms with Gasteiger partial charge in [0.2, 0.25) is 0 Å². The lowest BCUT2D eigenvalue weighted by Crippen LogP contribution is -2.64. The van der Waals surface area contributed by atoms with E-state index in [4.69, 9.17) is 18.5 Å². The Balaban J connectivity index is 2.52. The van der Waals surface area contributed by atoms with E-state index < -0.39 is 81.8 Å². The summed E-state index contributed by atoms with van der Waals surface area (Å²) in [6, 6.07) is 0. The lowest BCUT2D eigenvalue weighted by Gasteiger charge is -2.41. The van der Waals surface area contributed by atoms with Crippen molar-refractivity contribution in [3.63, 3.8) is 0 Å². The van der Waals surface area contributed by atoms with Gasteiger partial charge in [0.15, 0.2) is 6.10 Å². The number of unbranched alkanes of at least 4 members (excludes halogenated alkanes) is 18. The molecular formula is C47H83O14P. The molecule has 0 spiro atoms. The molecule has 1 rings (SSSR count). The first-order chi connectivity index (χ1) is 29.8.